The van der Waals surface area contributed by atoms with Gasteiger partial charge in [0.25, 0.3) is 0 Å². The van der Waals surface area contributed by atoms with Gasteiger partial charge in [-0.2, -0.15) is 11.8 Å². The molecule has 8 heteroatoms. The molecule has 0 aliphatic heterocycles. The molecule has 0 radical (unpaired) electrons. The molecule has 0 heterocycles. The highest BCUT2D eigenvalue weighted by molar-refractivity contribution is 8.00. The second kappa shape index (κ2) is 13.7. The predicted molar refractivity (Wildman–Crippen MR) is 146 cm³/mol. The van der Waals surface area contributed by atoms with Gasteiger partial charge in [0.1, 0.15) is 17.7 Å². The molecule has 4 nitrogen and oxygen atoms in total. The summed E-state index contributed by atoms with van der Waals surface area (Å²) in [7, 11) is 1.33. The van der Waals surface area contributed by atoms with Crippen molar-refractivity contribution in [2.45, 2.75) is 43.7 Å². The third kappa shape index (κ3) is 7.72. The van der Waals surface area contributed by atoms with Crippen LogP contribution in [0.15, 0.2) is 71.6 Å². The van der Waals surface area contributed by atoms with Crippen molar-refractivity contribution in [1.82, 2.24) is 0 Å². The van der Waals surface area contributed by atoms with E-state index in [1.165, 1.54) is 31.2 Å². The van der Waals surface area contributed by atoms with Crippen molar-refractivity contribution in [3.8, 4) is 0 Å². The van der Waals surface area contributed by atoms with Gasteiger partial charge < -0.3 is 14.8 Å². The van der Waals surface area contributed by atoms with Crippen LogP contribution in [0.4, 0.5) is 14.5 Å². The van der Waals surface area contributed by atoms with E-state index in [-0.39, 0.29) is 11.7 Å². The molecule has 0 aliphatic carbocycles. The maximum atomic E-state index is 14.9. The summed E-state index contributed by atoms with van der Waals surface area (Å²) in [5.41, 5.74) is 9.34. The molecular weight excluding hydrogens is 498 g/mol. The van der Waals surface area contributed by atoms with Crippen molar-refractivity contribution in [2.24, 2.45) is 5.73 Å². The van der Waals surface area contributed by atoms with E-state index < -0.39 is 23.6 Å². The minimum Gasteiger partial charge on any atom is -0.468 e. The number of hydrogen-bond donors (Lipinski definition) is 1. The summed E-state index contributed by atoms with van der Waals surface area (Å²) in [6, 6.07) is 18.8. The average Bonchev–Trinajstić information content (AvgIpc) is 2.89. The van der Waals surface area contributed by atoms with Crippen molar-refractivity contribution in [3.63, 3.8) is 0 Å². The first-order valence-electron chi connectivity index (χ1n) is 11.8. The molecular formula is C28H32F2N2O2S2. The number of nitrogens with zero attached hydrogens (tertiary/aromatic N) is 1. The first kappa shape index (κ1) is 28.0. The first-order chi connectivity index (χ1) is 17.3. The van der Waals surface area contributed by atoms with Gasteiger partial charge in [-0.15, -0.1) is 0 Å². The predicted octanol–water partition coefficient (Wildman–Crippen LogP) is 6.71. The van der Waals surface area contributed by atoms with Crippen molar-refractivity contribution in [1.29, 1.82) is 0 Å². The summed E-state index contributed by atoms with van der Waals surface area (Å²) >= 11 is 3.01. The lowest BCUT2D eigenvalue weighted by molar-refractivity contribution is -0.141. The number of nitrogens with two attached hydrogens (primary N) is 1. The van der Waals surface area contributed by atoms with Crippen LogP contribution >= 0.6 is 23.7 Å². The number of esters is 1. The van der Waals surface area contributed by atoms with E-state index >= 15 is 0 Å². The molecule has 0 saturated carbocycles. The monoisotopic (exact) mass is 530 g/mol. The molecule has 0 bridgehead atoms. The number of methoxy groups -OCH3 is 1. The second-order valence-corrected chi connectivity index (χ2v) is 10.7. The quantitative estimate of drug-likeness (QED) is 0.159. The Bertz CT molecular complexity index is 1140. The fourth-order valence-electron chi connectivity index (χ4n) is 3.79. The zero-order valence-electron chi connectivity index (χ0n) is 20.7. The zero-order chi connectivity index (χ0) is 26.1. The Hall–Kier alpha value is -2.55. The van der Waals surface area contributed by atoms with E-state index in [2.05, 4.69) is 10.8 Å². The Morgan fingerprint density at radius 1 is 1.08 bits per heavy atom. The Morgan fingerprint density at radius 2 is 1.81 bits per heavy atom. The molecule has 0 amide bonds. The van der Waals surface area contributed by atoms with E-state index in [4.69, 9.17) is 5.73 Å². The molecule has 3 aromatic carbocycles. The van der Waals surface area contributed by atoms with Crippen LogP contribution in [0, 0.1) is 18.6 Å². The molecule has 0 saturated heterocycles. The standard InChI is InChI=1S/C28H32F2N2O2S2/c1-19-10-13-23(14-11-19)36-32(27-17-22(29)12-15-25(27)30)20(2)24-9-5-4-7-21(24)8-6-16-35-18-26(31)28(33)34-3/h4-5,7,9-15,17,20,26H,6,8,16,18,31H2,1-3H3. The lowest BCUT2D eigenvalue weighted by Crippen LogP contribution is -2.33. The molecule has 0 aromatic heterocycles. The average molecular weight is 531 g/mol. The Morgan fingerprint density at radius 3 is 2.53 bits per heavy atom. The van der Waals surface area contributed by atoms with Crippen LogP contribution in [-0.4, -0.2) is 30.6 Å². The Kier molecular flexibility index (Phi) is 10.6. The van der Waals surface area contributed by atoms with Gasteiger partial charge in [-0.1, -0.05) is 42.0 Å². The summed E-state index contributed by atoms with van der Waals surface area (Å²) in [4.78, 5) is 12.4. The summed E-state index contributed by atoms with van der Waals surface area (Å²) in [6.07, 6.45) is 1.71. The van der Waals surface area contributed by atoms with Crippen LogP contribution in [-0.2, 0) is 16.0 Å². The van der Waals surface area contributed by atoms with Crippen LogP contribution in [0.2, 0.25) is 0 Å². The highest BCUT2D eigenvalue weighted by Gasteiger charge is 2.23. The Labute approximate surface area is 220 Å². The number of ether oxygens (including phenoxy) is 1. The van der Waals surface area contributed by atoms with Gasteiger partial charge in [-0.3, -0.25) is 4.79 Å². The van der Waals surface area contributed by atoms with E-state index in [0.717, 1.165) is 46.2 Å². The SMILES string of the molecule is COC(=O)C(N)CSCCCc1ccccc1C(C)N(Sc1ccc(C)cc1)c1cc(F)ccc1F. The fourth-order valence-corrected chi connectivity index (χ4v) is 5.69. The van der Waals surface area contributed by atoms with E-state index in [1.54, 1.807) is 11.8 Å². The molecule has 2 N–H and O–H groups in total. The summed E-state index contributed by atoms with van der Waals surface area (Å²) in [5, 5.41) is 0. The number of carbonyl (C=O) groups is 1. The van der Waals surface area contributed by atoms with Crippen LogP contribution in [0.25, 0.3) is 0 Å². The van der Waals surface area contributed by atoms with E-state index in [9.17, 15) is 13.6 Å². The van der Waals surface area contributed by atoms with Crippen molar-refractivity contribution >= 4 is 35.4 Å². The highest BCUT2D eigenvalue weighted by atomic mass is 32.2. The lowest BCUT2D eigenvalue weighted by Gasteiger charge is -2.32. The van der Waals surface area contributed by atoms with Gasteiger partial charge in [0.05, 0.1) is 18.8 Å². The van der Waals surface area contributed by atoms with Crippen LogP contribution in [0.1, 0.15) is 36.1 Å². The number of rotatable bonds is 12. The maximum absolute atomic E-state index is 14.9. The molecule has 36 heavy (non-hydrogen) atoms. The maximum Gasteiger partial charge on any atom is 0.323 e. The lowest BCUT2D eigenvalue weighted by atomic mass is 9.98. The number of hydrogen-bond acceptors (Lipinski definition) is 6. The van der Waals surface area contributed by atoms with Gasteiger partial charge >= 0.3 is 5.97 Å². The molecule has 192 valence electrons. The molecule has 3 rings (SSSR count). The van der Waals surface area contributed by atoms with Crippen LogP contribution in [0.3, 0.4) is 0 Å². The third-order valence-electron chi connectivity index (χ3n) is 5.76. The number of aryl methyl sites for hydroxylation is 2. The van der Waals surface area contributed by atoms with Gasteiger partial charge in [-0.25, -0.2) is 8.78 Å². The summed E-state index contributed by atoms with van der Waals surface area (Å²) < 4.78 is 35.6. The topological polar surface area (TPSA) is 55.6 Å². The minimum atomic E-state index is -0.624. The van der Waals surface area contributed by atoms with Gasteiger partial charge in [0.2, 0.25) is 0 Å². The van der Waals surface area contributed by atoms with Gasteiger partial charge in [0.15, 0.2) is 0 Å². The van der Waals surface area contributed by atoms with Crippen LogP contribution in [0.5, 0.6) is 0 Å². The number of benzene rings is 3. The Balaban J connectivity index is 1.79. The third-order valence-corrected chi connectivity index (χ3v) is 8.13. The van der Waals surface area contributed by atoms with E-state index in [1.807, 2.05) is 60.6 Å². The second-order valence-electron chi connectivity index (χ2n) is 8.51. The zero-order valence-corrected chi connectivity index (χ0v) is 22.4. The number of carbonyl (C=O) groups excluding carboxylic acids is 1. The van der Waals surface area contributed by atoms with E-state index in [0.29, 0.717) is 5.75 Å². The molecule has 0 spiro atoms. The number of thioether (sulfide) groups is 1. The summed E-state index contributed by atoms with van der Waals surface area (Å²) in [6.45, 7) is 4.02. The van der Waals surface area contributed by atoms with Crippen molar-refractivity contribution in [3.05, 3.63) is 95.1 Å². The van der Waals surface area contributed by atoms with Gasteiger partial charge in [0, 0.05) is 16.7 Å². The molecule has 3 aromatic rings. The fraction of sp³-hybridized carbons (Fsp3) is 0.321. The van der Waals surface area contributed by atoms with Crippen molar-refractivity contribution < 1.29 is 18.3 Å². The first-order valence-corrected chi connectivity index (χ1v) is 13.7. The smallest absolute Gasteiger partial charge is 0.323 e. The highest BCUT2D eigenvalue weighted by Crippen LogP contribution is 2.40. The van der Waals surface area contributed by atoms with Gasteiger partial charge in [-0.05, 0) is 79.8 Å². The molecule has 0 aliphatic rings. The van der Waals surface area contributed by atoms with Crippen LogP contribution < -0.4 is 10.0 Å². The van der Waals surface area contributed by atoms with Crippen molar-refractivity contribution in [2.75, 3.05) is 22.9 Å². The largest absolute Gasteiger partial charge is 0.468 e. The molecule has 2 atom stereocenters. The summed E-state index contributed by atoms with van der Waals surface area (Å²) in [5.74, 6) is -0.0159. The number of anilines is 1. The number of halogens is 2. The normalized spacial score (nSPS) is 12.7. The molecule has 0 fully saturated rings. The molecule has 2 unspecified atom stereocenters. The minimum absolute atomic E-state index is 0.204.